The van der Waals surface area contributed by atoms with Gasteiger partial charge in [-0.25, -0.2) is 0 Å². The first-order valence-electron chi connectivity index (χ1n) is 6.24. The van der Waals surface area contributed by atoms with Gasteiger partial charge in [0.2, 0.25) is 0 Å². The molecular formula is C15H15BrN2O2. The number of carbonyl (C=O) groups is 1. The van der Waals surface area contributed by atoms with Crippen molar-refractivity contribution in [3.05, 3.63) is 58.8 Å². The normalized spacial score (nSPS) is 11.7. The summed E-state index contributed by atoms with van der Waals surface area (Å²) in [6, 6.07) is 11.1. The van der Waals surface area contributed by atoms with Gasteiger partial charge in [0.25, 0.3) is 5.91 Å². The third-order valence-electron chi connectivity index (χ3n) is 2.71. The van der Waals surface area contributed by atoms with E-state index in [0.717, 1.165) is 10.0 Å². The molecule has 20 heavy (non-hydrogen) atoms. The van der Waals surface area contributed by atoms with Crippen molar-refractivity contribution in [2.75, 3.05) is 0 Å². The second kappa shape index (κ2) is 7.05. The summed E-state index contributed by atoms with van der Waals surface area (Å²) in [5, 5.41) is 2.83. The van der Waals surface area contributed by atoms with E-state index < -0.39 is 6.10 Å². The van der Waals surface area contributed by atoms with Gasteiger partial charge in [0.15, 0.2) is 6.10 Å². The van der Waals surface area contributed by atoms with E-state index in [-0.39, 0.29) is 5.91 Å². The summed E-state index contributed by atoms with van der Waals surface area (Å²) in [6.07, 6.45) is 2.85. The van der Waals surface area contributed by atoms with E-state index in [2.05, 4.69) is 26.2 Å². The summed E-state index contributed by atoms with van der Waals surface area (Å²) in [5.41, 5.74) is 1.00. The van der Waals surface area contributed by atoms with Crippen molar-refractivity contribution >= 4 is 21.8 Å². The minimum atomic E-state index is -0.544. The van der Waals surface area contributed by atoms with E-state index in [4.69, 9.17) is 4.74 Å². The highest BCUT2D eigenvalue weighted by Gasteiger charge is 2.14. The van der Waals surface area contributed by atoms with Crippen molar-refractivity contribution < 1.29 is 9.53 Å². The maximum absolute atomic E-state index is 11.9. The largest absolute Gasteiger partial charge is 0.481 e. The molecule has 4 nitrogen and oxygen atoms in total. The molecule has 1 aromatic carbocycles. The lowest BCUT2D eigenvalue weighted by Gasteiger charge is -2.14. The van der Waals surface area contributed by atoms with Crippen LogP contribution >= 0.6 is 15.9 Å². The first kappa shape index (κ1) is 14.5. The number of aromatic nitrogens is 1. The standard InChI is InChI=1S/C15H15BrN2O2/c1-11(20-14-4-2-13(16)3-5-14)15(19)18-10-12-6-8-17-9-7-12/h2-9,11H,10H2,1H3,(H,18,19). The van der Waals surface area contributed by atoms with Crippen LogP contribution in [0.4, 0.5) is 0 Å². The Morgan fingerprint density at radius 2 is 1.90 bits per heavy atom. The van der Waals surface area contributed by atoms with E-state index in [0.29, 0.717) is 12.3 Å². The molecule has 1 N–H and O–H groups in total. The van der Waals surface area contributed by atoms with Crippen LogP contribution in [0.15, 0.2) is 53.3 Å². The number of halogens is 1. The Hall–Kier alpha value is -1.88. The Labute approximate surface area is 126 Å². The predicted octanol–water partition coefficient (Wildman–Crippen LogP) is 2.93. The molecule has 0 aliphatic rings. The Morgan fingerprint density at radius 1 is 1.25 bits per heavy atom. The number of hydrogen-bond acceptors (Lipinski definition) is 3. The van der Waals surface area contributed by atoms with Gasteiger partial charge in [-0.1, -0.05) is 15.9 Å². The second-order valence-corrected chi connectivity index (χ2v) is 5.20. The van der Waals surface area contributed by atoms with E-state index in [1.807, 2.05) is 36.4 Å². The molecular weight excluding hydrogens is 320 g/mol. The topological polar surface area (TPSA) is 51.2 Å². The fourth-order valence-electron chi connectivity index (χ4n) is 1.60. The molecule has 0 radical (unpaired) electrons. The summed E-state index contributed by atoms with van der Waals surface area (Å²) in [7, 11) is 0. The van der Waals surface area contributed by atoms with Gasteiger partial charge in [0, 0.05) is 23.4 Å². The molecule has 1 atom stereocenters. The summed E-state index contributed by atoms with van der Waals surface area (Å²) in [4.78, 5) is 15.9. The number of amides is 1. The second-order valence-electron chi connectivity index (χ2n) is 4.29. The molecule has 104 valence electrons. The van der Waals surface area contributed by atoms with E-state index >= 15 is 0 Å². The summed E-state index contributed by atoms with van der Waals surface area (Å²) >= 11 is 3.35. The van der Waals surface area contributed by atoms with E-state index in [1.54, 1.807) is 19.3 Å². The first-order valence-corrected chi connectivity index (χ1v) is 7.03. The number of benzene rings is 1. The SMILES string of the molecule is CC(Oc1ccc(Br)cc1)C(=O)NCc1ccncc1. The maximum Gasteiger partial charge on any atom is 0.261 e. The maximum atomic E-state index is 11.9. The highest BCUT2D eigenvalue weighted by atomic mass is 79.9. The molecule has 0 saturated heterocycles. The monoisotopic (exact) mass is 334 g/mol. The number of hydrogen-bond donors (Lipinski definition) is 1. The zero-order valence-corrected chi connectivity index (χ0v) is 12.6. The number of nitrogens with zero attached hydrogens (tertiary/aromatic N) is 1. The van der Waals surface area contributed by atoms with Crippen LogP contribution in [-0.2, 0) is 11.3 Å². The lowest BCUT2D eigenvalue weighted by atomic mass is 10.2. The van der Waals surface area contributed by atoms with Gasteiger partial charge in [-0.3, -0.25) is 9.78 Å². The van der Waals surface area contributed by atoms with Crippen LogP contribution in [0.3, 0.4) is 0 Å². The number of carbonyl (C=O) groups excluding carboxylic acids is 1. The van der Waals surface area contributed by atoms with Crippen molar-refractivity contribution in [3.63, 3.8) is 0 Å². The minimum absolute atomic E-state index is 0.148. The summed E-state index contributed by atoms with van der Waals surface area (Å²) < 4.78 is 6.55. The van der Waals surface area contributed by atoms with Crippen molar-refractivity contribution in [1.29, 1.82) is 0 Å². The van der Waals surface area contributed by atoms with Crippen LogP contribution in [0, 0.1) is 0 Å². The van der Waals surface area contributed by atoms with Crippen LogP contribution in [-0.4, -0.2) is 17.0 Å². The zero-order chi connectivity index (χ0) is 14.4. The first-order chi connectivity index (χ1) is 9.65. The van der Waals surface area contributed by atoms with Crippen molar-refractivity contribution in [1.82, 2.24) is 10.3 Å². The Balaban J connectivity index is 1.84. The van der Waals surface area contributed by atoms with Crippen LogP contribution in [0.2, 0.25) is 0 Å². The van der Waals surface area contributed by atoms with E-state index in [1.165, 1.54) is 0 Å². The van der Waals surface area contributed by atoms with Crippen LogP contribution in [0.1, 0.15) is 12.5 Å². The average Bonchev–Trinajstić information content (AvgIpc) is 2.48. The van der Waals surface area contributed by atoms with Gasteiger partial charge in [0.05, 0.1) is 0 Å². The van der Waals surface area contributed by atoms with Crippen LogP contribution < -0.4 is 10.1 Å². The van der Waals surface area contributed by atoms with Gasteiger partial charge in [-0.05, 0) is 48.9 Å². The summed E-state index contributed by atoms with van der Waals surface area (Å²) in [6.45, 7) is 2.19. The molecule has 0 aliphatic carbocycles. The fourth-order valence-corrected chi connectivity index (χ4v) is 1.87. The van der Waals surface area contributed by atoms with Crippen molar-refractivity contribution in [3.8, 4) is 5.75 Å². The Kier molecular flexibility index (Phi) is 5.12. The molecule has 0 fully saturated rings. The molecule has 2 rings (SSSR count). The number of nitrogens with one attached hydrogen (secondary N) is 1. The number of ether oxygens (including phenoxy) is 1. The molecule has 0 spiro atoms. The molecule has 1 unspecified atom stereocenters. The minimum Gasteiger partial charge on any atom is -0.481 e. The van der Waals surface area contributed by atoms with Crippen LogP contribution in [0.5, 0.6) is 5.75 Å². The molecule has 5 heteroatoms. The zero-order valence-electron chi connectivity index (χ0n) is 11.0. The van der Waals surface area contributed by atoms with Crippen molar-refractivity contribution in [2.45, 2.75) is 19.6 Å². The quantitative estimate of drug-likeness (QED) is 0.914. The van der Waals surface area contributed by atoms with Crippen molar-refractivity contribution in [2.24, 2.45) is 0 Å². The third-order valence-corrected chi connectivity index (χ3v) is 3.24. The molecule has 0 aliphatic heterocycles. The Bertz CT molecular complexity index is 558. The lowest BCUT2D eigenvalue weighted by Crippen LogP contribution is -2.35. The molecule has 1 heterocycles. The van der Waals surface area contributed by atoms with Gasteiger partial charge in [0.1, 0.15) is 5.75 Å². The molecule has 2 aromatic rings. The molecule has 0 bridgehead atoms. The highest BCUT2D eigenvalue weighted by molar-refractivity contribution is 9.10. The molecule has 1 aromatic heterocycles. The molecule has 0 saturated carbocycles. The van der Waals surface area contributed by atoms with Gasteiger partial charge in [-0.15, -0.1) is 0 Å². The van der Waals surface area contributed by atoms with Gasteiger partial charge >= 0.3 is 0 Å². The van der Waals surface area contributed by atoms with Gasteiger partial charge < -0.3 is 10.1 Å². The smallest absolute Gasteiger partial charge is 0.261 e. The van der Waals surface area contributed by atoms with Crippen LogP contribution in [0.25, 0.3) is 0 Å². The molecule has 1 amide bonds. The fraction of sp³-hybridized carbons (Fsp3) is 0.200. The Morgan fingerprint density at radius 3 is 2.55 bits per heavy atom. The number of pyridine rings is 1. The predicted molar refractivity (Wildman–Crippen MR) is 80.3 cm³/mol. The third kappa shape index (κ3) is 4.35. The lowest BCUT2D eigenvalue weighted by molar-refractivity contribution is -0.127. The van der Waals surface area contributed by atoms with E-state index in [9.17, 15) is 4.79 Å². The highest BCUT2D eigenvalue weighted by Crippen LogP contribution is 2.17. The average molecular weight is 335 g/mol. The summed E-state index contributed by atoms with van der Waals surface area (Å²) in [5.74, 6) is 0.518. The van der Waals surface area contributed by atoms with Gasteiger partial charge in [-0.2, -0.15) is 0 Å². The number of rotatable bonds is 5.